The quantitative estimate of drug-likeness (QED) is 0.534. The van der Waals surface area contributed by atoms with Crippen molar-refractivity contribution in [1.82, 2.24) is 15.1 Å². The van der Waals surface area contributed by atoms with Gasteiger partial charge in [0, 0.05) is 25.6 Å². The molecule has 2 aromatic rings. The maximum atomic E-state index is 13.4. The third-order valence-electron chi connectivity index (χ3n) is 7.04. The van der Waals surface area contributed by atoms with Crippen molar-refractivity contribution in [3.63, 3.8) is 0 Å². The summed E-state index contributed by atoms with van der Waals surface area (Å²) in [6.07, 6.45) is 5.54. The molecule has 0 bridgehead atoms. The number of rotatable bonds is 9. The van der Waals surface area contributed by atoms with Gasteiger partial charge in [-0.2, -0.15) is 0 Å². The van der Waals surface area contributed by atoms with E-state index in [1.807, 2.05) is 0 Å². The molecule has 190 valence electrons. The predicted molar refractivity (Wildman–Crippen MR) is 132 cm³/mol. The van der Waals surface area contributed by atoms with Crippen molar-refractivity contribution in [3.05, 3.63) is 71.0 Å². The van der Waals surface area contributed by atoms with Gasteiger partial charge in [0.15, 0.2) is 0 Å². The summed E-state index contributed by atoms with van der Waals surface area (Å²) in [4.78, 5) is 54.2. The number of halogens is 1. The highest BCUT2D eigenvalue weighted by Crippen LogP contribution is 2.23. The van der Waals surface area contributed by atoms with Crippen LogP contribution in [-0.4, -0.2) is 52.1 Å². The molecule has 1 aliphatic heterocycles. The fraction of sp³-hybridized carbons (Fsp3) is 0.429. The second kappa shape index (κ2) is 11.5. The monoisotopic (exact) mass is 493 g/mol. The minimum absolute atomic E-state index is 0.0651. The fourth-order valence-corrected chi connectivity index (χ4v) is 4.91. The topological polar surface area (TPSA) is 86.8 Å². The molecule has 1 N–H and O–H groups in total. The van der Waals surface area contributed by atoms with E-state index in [4.69, 9.17) is 0 Å². The third-order valence-corrected chi connectivity index (χ3v) is 7.04. The summed E-state index contributed by atoms with van der Waals surface area (Å²) in [5.74, 6) is -1.56. The van der Waals surface area contributed by atoms with E-state index in [-0.39, 0.29) is 61.4 Å². The molecule has 36 heavy (non-hydrogen) atoms. The number of hydrogen-bond acceptors (Lipinski definition) is 4. The number of fused-ring (bicyclic) bond motifs is 1. The van der Waals surface area contributed by atoms with E-state index in [0.29, 0.717) is 16.7 Å². The van der Waals surface area contributed by atoms with E-state index in [2.05, 4.69) is 5.32 Å². The molecule has 1 fully saturated rings. The van der Waals surface area contributed by atoms with Gasteiger partial charge in [0.25, 0.3) is 11.8 Å². The van der Waals surface area contributed by atoms with E-state index in [1.54, 1.807) is 43.3 Å². The predicted octanol–water partition coefficient (Wildman–Crippen LogP) is 4.07. The second-order valence-corrected chi connectivity index (χ2v) is 9.58. The molecule has 0 spiro atoms. The molecule has 2 aliphatic rings. The summed E-state index contributed by atoms with van der Waals surface area (Å²) in [7, 11) is 0. The molecule has 0 radical (unpaired) electrons. The van der Waals surface area contributed by atoms with Gasteiger partial charge in [0.05, 0.1) is 11.1 Å². The Bertz CT molecular complexity index is 1090. The molecular formula is C28H32FN3O4. The first-order valence-electron chi connectivity index (χ1n) is 12.6. The van der Waals surface area contributed by atoms with Gasteiger partial charge < -0.3 is 10.2 Å². The molecule has 1 saturated carbocycles. The average molecular weight is 494 g/mol. The molecule has 1 heterocycles. The SMILES string of the molecule is C[C@@H](C(=O)NC1CCCCC1)N(Cc1ccc(F)cc1)C(=O)CCCN1C(=O)c2ccccc2C1=O. The Morgan fingerprint density at radius 1 is 1.00 bits per heavy atom. The van der Waals surface area contributed by atoms with Crippen LogP contribution in [0.5, 0.6) is 0 Å². The number of benzene rings is 2. The van der Waals surface area contributed by atoms with Crippen LogP contribution in [0.1, 0.15) is 78.1 Å². The highest BCUT2D eigenvalue weighted by molar-refractivity contribution is 6.21. The van der Waals surface area contributed by atoms with Crippen molar-refractivity contribution in [2.75, 3.05) is 6.54 Å². The van der Waals surface area contributed by atoms with Gasteiger partial charge >= 0.3 is 0 Å². The van der Waals surface area contributed by atoms with E-state index in [1.165, 1.54) is 28.4 Å². The number of nitrogens with zero attached hydrogens (tertiary/aromatic N) is 2. The maximum Gasteiger partial charge on any atom is 0.261 e. The maximum absolute atomic E-state index is 13.4. The minimum atomic E-state index is -0.719. The highest BCUT2D eigenvalue weighted by Gasteiger charge is 2.35. The minimum Gasteiger partial charge on any atom is -0.352 e. The number of amides is 4. The van der Waals surface area contributed by atoms with Gasteiger partial charge in [0.2, 0.25) is 11.8 Å². The van der Waals surface area contributed by atoms with Crippen molar-refractivity contribution in [1.29, 1.82) is 0 Å². The van der Waals surface area contributed by atoms with Crippen LogP contribution in [0.25, 0.3) is 0 Å². The summed E-state index contributed by atoms with van der Waals surface area (Å²) in [5, 5.41) is 3.08. The lowest BCUT2D eigenvalue weighted by Crippen LogP contribution is -2.50. The Morgan fingerprint density at radius 3 is 2.22 bits per heavy atom. The van der Waals surface area contributed by atoms with Crippen LogP contribution in [0.2, 0.25) is 0 Å². The highest BCUT2D eigenvalue weighted by atomic mass is 19.1. The van der Waals surface area contributed by atoms with Gasteiger partial charge in [-0.3, -0.25) is 24.1 Å². The lowest BCUT2D eigenvalue weighted by atomic mass is 9.95. The Morgan fingerprint density at radius 2 is 1.61 bits per heavy atom. The standard InChI is InChI=1S/C28H32FN3O4/c1-19(26(34)30-22-8-3-2-4-9-22)32(18-20-13-15-21(29)16-14-20)25(33)12-7-17-31-27(35)23-10-5-6-11-24(23)28(31)36/h5-6,10-11,13-16,19,22H,2-4,7-9,12,17-18H2,1H3,(H,30,34)/t19-/m0/s1. The smallest absolute Gasteiger partial charge is 0.261 e. The number of imide groups is 1. The Hall–Kier alpha value is -3.55. The van der Waals surface area contributed by atoms with Gasteiger partial charge in [-0.1, -0.05) is 43.5 Å². The summed E-state index contributed by atoms with van der Waals surface area (Å²) in [6, 6.07) is 11.9. The van der Waals surface area contributed by atoms with Crippen LogP contribution < -0.4 is 5.32 Å². The van der Waals surface area contributed by atoms with Crippen LogP contribution >= 0.6 is 0 Å². The number of carbonyl (C=O) groups excluding carboxylic acids is 4. The number of hydrogen-bond donors (Lipinski definition) is 1. The van der Waals surface area contributed by atoms with E-state index >= 15 is 0 Å². The largest absolute Gasteiger partial charge is 0.352 e. The lowest BCUT2D eigenvalue weighted by Gasteiger charge is -2.31. The molecule has 4 amide bonds. The zero-order valence-corrected chi connectivity index (χ0v) is 20.5. The Kier molecular flexibility index (Phi) is 8.13. The first-order valence-corrected chi connectivity index (χ1v) is 12.6. The molecule has 8 heteroatoms. The Labute approximate surface area is 210 Å². The third kappa shape index (κ3) is 5.80. The molecule has 0 aromatic heterocycles. The molecule has 4 rings (SSSR count). The van der Waals surface area contributed by atoms with Crippen LogP contribution in [-0.2, 0) is 16.1 Å². The zero-order valence-electron chi connectivity index (χ0n) is 20.5. The summed E-state index contributed by atoms with van der Waals surface area (Å²) in [5.41, 5.74) is 1.46. The molecule has 1 atom stereocenters. The molecule has 1 aliphatic carbocycles. The van der Waals surface area contributed by atoms with Crippen molar-refractivity contribution in [3.8, 4) is 0 Å². The fourth-order valence-electron chi connectivity index (χ4n) is 4.91. The molecule has 0 saturated heterocycles. The summed E-state index contributed by atoms with van der Waals surface area (Å²) >= 11 is 0. The summed E-state index contributed by atoms with van der Waals surface area (Å²) < 4.78 is 13.4. The van der Waals surface area contributed by atoms with Crippen LogP contribution in [0, 0.1) is 5.82 Å². The van der Waals surface area contributed by atoms with Crippen LogP contribution in [0.4, 0.5) is 4.39 Å². The van der Waals surface area contributed by atoms with Crippen molar-refractivity contribution >= 4 is 23.6 Å². The molecule has 0 unspecified atom stereocenters. The summed E-state index contributed by atoms with van der Waals surface area (Å²) in [6.45, 7) is 1.97. The van der Waals surface area contributed by atoms with Gasteiger partial charge in [-0.15, -0.1) is 0 Å². The van der Waals surface area contributed by atoms with Crippen LogP contribution in [0.3, 0.4) is 0 Å². The molecule has 7 nitrogen and oxygen atoms in total. The lowest BCUT2D eigenvalue weighted by molar-refractivity contribution is -0.141. The number of nitrogens with one attached hydrogen (secondary N) is 1. The van der Waals surface area contributed by atoms with Gasteiger partial charge in [0.1, 0.15) is 11.9 Å². The number of carbonyl (C=O) groups is 4. The average Bonchev–Trinajstić information content (AvgIpc) is 3.13. The Balaban J connectivity index is 1.40. The van der Waals surface area contributed by atoms with Crippen molar-refractivity contribution < 1.29 is 23.6 Å². The van der Waals surface area contributed by atoms with Crippen molar-refractivity contribution in [2.24, 2.45) is 0 Å². The normalized spacial score (nSPS) is 16.6. The second-order valence-electron chi connectivity index (χ2n) is 9.58. The van der Waals surface area contributed by atoms with E-state index < -0.39 is 6.04 Å². The van der Waals surface area contributed by atoms with Crippen molar-refractivity contribution in [2.45, 2.75) is 70.5 Å². The zero-order chi connectivity index (χ0) is 25.7. The molecular weight excluding hydrogens is 461 g/mol. The van der Waals surface area contributed by atoms with Gasteiger partial charge in [-0.05, 0) is 56.0 Å². The molecule has 2 aromatic carbocycles. The van der Waals surface area contributed by atoms with E-state index in [9.17, 15) is 23.6 Å². The first-order chi connectivity index (χ1) is 17.3. The van der Waals surface area contributed by atoms with Crippen LogP contribution in [0.15, 0.2) is 48.5 Å². The van der Waals surface area contributed by atoms with E-state index in [0.717, 1.165) is 25.7 Å². The van der Waals surface area contributed by atoms with Gasteiger partial charge in [-0.25, -0.2) is 4.39 Å². The first kappa shape index (κ1) is 25.5.